The zero-order chi connectivity index (χ0) is 35.7. The van der Waals surface area contributed by atoms with Crippen LogP contribution in [0.1, 0.15) is 220 Å². The van der Waals surface area contributed by atoms with Gasteiger partial charge in [-0.05, 0) is 31.1 Å². The topological polar surface area (TPSA) is 107 Å². The van der Waals surface area contributed by atoms with E-state index < -0.39 is 37.0 Å². The lowest BCUT2D eigenvalue weighted by molar-refractivity contribution is -0.186. The van der Waals surface area contributed by atoms with Crippen molar-refractivity contribution in [3.63, 3.8) is 0 Å². The summed E-state index contributed by atoms with van der Waals surface area (Å²) in [5.74, 6) is 1.26. The maximum absolute atomic E-state index is 12.9. The van der Waals surface area contributed by atoms with Crippen LogP contribution in [-0.2, 0) is 9.53 Å². The molecular weight excluding hydrogens is 600 g/mol. The monoisotopic (exact) mass is 685 g/mol. The van der Waals surface area contributed by atoms with E-state index in [1.54, 1.807) is 0 Å². The first-order valence-electron chi connectivity index (χ1n) is 21.0. The first-order valence-corrected chi connectivity index (χ1v) is 21.0. The molecule has 0 aliphatic rings. The standard InChI is InChI=1S/C42H84O6/c1-37(2)30-26-22-18-14-10-6-5-9-13-17-21-25-29-33-42(40(46)36-44,34-39(45)35-43)48-41(47)32-28-24-20-16-12-8-7-11-15-19-23-27-31-38(3)4/h37-40,43-46H,5-36H2,1-4H3. The predicted octanol–water partition coefficient (Wildman–Crippen LogP) is 11.0. The van der Waals surface area contributed by atoms with Gasteiger partial charge in [0, 0.05) is 12.8 Å². The molecule has 0 aliphatic carbocycles. The fraction of sp³-hybridized carbons (Fsp3) is 0.976. The Morgan fingerprint density at radius 3 is 1.17 bits per heavy atom. The molecule has 3 atom stereocenters. The predicted molar refractivity (Wildman–Crippen MR) is 203 cm³/mol. The fourth-order valence-corrected chi connectivity index (χ4v) is 6.98. The second kappa shape index (κ2) is 33.5. The van der Waals surface area contributed by atoms with Gasteiger partial charge in [-0.25, -0.2) is 0 Å². The molecular formula is C42H84O6. The van der Waals surface area contributed by atoms with Crippen molar-refractivity contribution in [1.82, 2.24) is 0 Å². The van der Waals surface area contributed by atoms with Crippen molar-refractivity contribution in [3.05, 3.63) is 0 Å². The second-order valence-corrected chi connectivity index (χ2v) is 16.0. The van der Waals surface area contributed by atoms with Crippen LogP contribution in [0, 0.1) is 11.8 Å². The van der Waals surface area contributed by atoms with E-state index in [1.165, 1.54) is 135 Å². The average molecular weight is 685 g/mol. The van der Waals surface area contributed by atoms with Crippen LogP contribution in [0.15, 0.2) is 0 Å². The molecule has 0 aromatic carbocycles. The number of hydrogen-bond donors (Lipinski definition) is 4. The summed E-state index contributed by atoms with van der Waals surface area (Å²) < 4.78 is 5.89. The van der Waals surface area contributed by atoms with Gasteiger partial charge >= 0.3 is 5.97 Å². The Balaban J connectivity index is 4.22. The number of carbonyl (C=O) groups excluding carboxylic acids is 1. The third-order valence-electron chi connectivity index (χ3n) is 10.2. The molecule has 288 valence electrons. The van der Waals surface area contributed by atoms with Gasteiger partial charge in [0.25, 0.3) is 0 Å². The van der Waals surface area contributed by atoms with Gasteiger partial charge in [0.05, 0.1) is 19.3 Å². The van der Waals surface area contributed by atoms with Crippen molar-refractivity contribution >= 4 is 5.97 Å². The van der Waals surface area contributed by atoms with Crippen LogP contribution >= 0.6 is 0 Å². The molecule has 4 N–H and O–H groups in total. The van der Waals surface area contributed by atoms with E-state index in [-0.39, 0.29) is 12.8 Å². The highest BCUT2D eigenvalue weighted by molar-refractivity contribution is 5.70. The minimum Gasteiger partial charge on any atom is -0.456 e. The minimum absolute atomic E-state index is 0.0767. The highest BCUT2D eigenvalue weighted by atomic mass is 16.6. The normalized spacial score (nSPS) is 14.5. The lowest BCUT2D eigenvalue weighted by Crippen LogP contribution is -2.51. The summed E-state index contributed by atoms with van der Waals surface area (Å²) in [5, 5.41) is 40.4. The lowest BCUT2D eigenvalue weighted by Gasteiger charge is -2.38. The Morgan fingerprint density at radius 1 is 0.500 bits per heavy atom. The van der Waals surface area contributed by atoms with Crippen LogP contribution < -0.4 is 0 Å². The van der Waals surface area contributed by atoms with Crippen molar-refractivity contribution in [2.24, 2.45) is 11.8 Å². The molecule has 0 heterocycles. The largest absolute Gasteiger partial charge is 0.456 e. The molecule has 6 heteroatoms. The fourth-order valence-electron chi connectivity index (χ4n) is 6.98. The van der Waals surface area contributed by atoms with Crippen LogP contribution in [0.4, 0.5) is 0 Å². The molecule has 0 rings (SSSR count). The van der Waals surface area contributed by atoms with Gasteiger partial charge < -0.3 is 25.2 Å². The lowest BCUT2D eigenvalue weighted by atomic mass is 9.84. The Bertz CT molecular complexity index is 683. The zero-order valence-electron chi connectivity index (χ0n) is 32.5. The summed E-state index contributed by atoms with van der Waals surface area (Å²) in [6.07, 6.45) is 31.5. The number of rotatable bonds is 37. The Hall–Kier alpha value is -0.690. The summed E-state index contributed by atoms with van der Waals surface area (Å²) in [7, 11) is 0. The third kappa shape index (κ3) is 29.1. The highest BCUT2D eigenvalue weighted by Crippen LogP contribution is 2.31. The first-order chi connectivity index (χ1) is 23.2. The molecule has 0 aromatic rings. The number of unbranched alkanes of at least 4 members (excludes halogenated alkanes) is 23. The minimum atomic E-state index is -1.38. The van der Waals surface area contributed by atoms with Crippen molar-refractivity contribution in [2.75, 3.05) is 13.2 Å². The van der Waals surface area contributed by atoms with Gasteiger partial charge in [0.2, 0.25) is 0 Å². The van der Waals surface area contributed by atoms with Crippen molar-refractivity contribution in [3.8, 4) is 0 Å². The van der Waals surface area contributed by atoms with Crippen molar-refractivity contribution in [2.45, 2.75) is 238 Å². The van der Waals surface area contributed by atoms with Gasteiger partial charge in [-0.2, -0.15) is 0 Å². The van der Waals surface area contributed by atoms with E-state index in [9.17, 15) is 25.2 Å². The molecule has 0 aromatic heterocycles. The molecule has 0 radical (unpaired) electrons. The second-order valence-electron chi connectivity index (χ2n) is 16.0. The number of esters is 1. The summed E-state index contributed by atoms with van der Waals surface area (Å²) in [4.78, 5) is 12.9. The molecule has 0 amide bonds. The molecule has 48 heavy (non-hydrogen) atoms. The quantitative estimate of drug-likeness (QED) is 0.0383. The number of carbonyl (C=O) groups is 1. The van der Waals surface area contributed by atoms with E-state index in [1.807, 2.05) is 0 Å². The van der Waals surface area contributed by atoms with Crippen molar-refractivity contribution in [1.29, 1.82) is 0 Å². The first kappa shape index (κ1) is 47.3. The molecule has 0 aliphatic heterocycles. The third-order valence-corrected chi connectivity index (χ3v) is 10.2. The van der Waals surface area contributed by atoms with Crippen LogP contribution in [0.3, 0.4) is 0 Å². The number of hydrogen-bond acceptors (Lipinski definition) is 6. The Labute approximate surface area is 298 Å². The van der Waals surface area contributed by atoms with E-state index in [0.29, 0.717) is 6.42 Å². The van der Waals surface area contributed by atoms with Gasteiger partial charge in [-0.15, -0.1) is 0 Å². The van der Waals surface area contributed by atoms with Crippen molar-refractivity contribution < 1.29 is 30.0 Å². The summed E-state index contributed by atoms with van der Waals surface area (Å²) in [5.41, 5.74) is -1.38. The van der Waals surface area contributed by atoms with Crippen LogP contribution in [-0.4, -0.2) is 57.4 Å². The number of aliphatic hydroxyl groups excluding tert-OH is 4. The molecule has 0 saturated carbocycles. The van der Waals surface area contributed by atoms with Gasteiger partial charge in [0.15, 0.2) is 0 Å². The molecule has 0 fully saturated rings. The highest BCUT2D eigenvalue weighted by Gasteiger charge is 2.42. The molecule has 3 unspecified atom stereocenters. The maximum atomic E-state index is 12.9. The van der Waals surface area contributed by atoms with Gasteiger partial charge in [-0.3, -0.25) is 4.79 Å². The zero-order valence-corrected chi connectivity index (χ0v) is 32.5. The van der Waals surface area contributed by atoms with E-state index >= 15 is 0 Å². The average Bonchev–Trinajstić information content (AvgIpc) is 3.05. The maximum Gasteiger partial charge on any atom is 0.306 e. The molecule has 0 spiro atoms. The Kier molecular flexibility index (Phi) is 33.0. The summed E-state index contributed by atoms with van der Waals surface area (Å²) in [6.45, 7) is 8.18. The van der Waals surface area contributed by atoms with Crippen LogP contribution in [0.2, 0.25) is 0 Å². The van der Waals surface area contributed by atoms with E-state index in [2.05, 4.69) is 27.7 Å². The smallest absolute Gasteiger partial charge is 0.306 e. The van der Waals surface area contributed by atoms with Crippen LogP contribution in [0.5, 0.6) is 0 Å². The SMILES string of the molecule is CC(C)CCCCCCCCCCCCCCCC(CC(O)CO)(OC(=O)CCCCCCCCCCCCCCC(C)C)C(O)CO. The van der Waals surface area contributed by atoms with Gasteiger partial charge in [0.1, 0.15) is 11.7 Å². The number of aliphatic hydroxyl groups is 4. The summed E-state index contributed by atoms with van der Waals surface area (Å²) in [6, 6.07) is 0. The van der Waals surface area contributed by atoms with Crippen LogP contribution in [0.25, 0.3) is 0 Å². The molecule has 6 nitrogen and oxygen atoms in total. The van der Waals surface area contributed by atoms with E-state index in [4.69, 9.17) is 4.74 Å². The number of ether oxygens (including phenoxy) is 1. The molecule has 0 bridgehead atoms. The molecule has 0 saturated heterocycles. The Morgan fingerprint density at radius 2 is 0.833 bits per heavy atom. The van der Waals surface area contributed by atoms with E-state index in [0.717, 1.165) is 50.4 Å². The summed E-state index contributed by atoms with van der Waals surface area (Å²) >= 11 is 0. The van der Waals surface area contributed by atoms with Gasteiger partial charge in [-0.1, -0.05) is 188 Å².